The van der Waals surface area contributed by atoms with E-state index in [1.807, 2.05) is 12.1 Å². The first-order valence-electron chi connectivity index (χ1n) is 5.09. The molecule has 0 fully saturated rings. The summed E-state index contributed by atoms with van der Waals surface area (Å²) in [7, 11) is 0. The molecule has 0 aliphatic heterocycles. The number of rotatable bonds is 6. The highest BCUT2D eigenvalue weighted by Gasteiger charge is 1.97. The highest BCUT2D eigenvalue weighted by Crippen LogP contribution is 2.06. The number of aliphatic carboxylic acids is 1. The topological polar surface area (TPSA) is 46.5 Å². The zero-order valence-electron chi connectivity index (χ0n) is 8.90. The number of carboxylic acids is 1. The summed E-state index contributed by atoms with van der Waals surface area (Å²) < 4.78 is 5.22. The van der Waals surface area contributed by atoms with Crippen molar-refractivity contribution in [2.24, 2.45) is 0 Å². The minimum atomic E-state index is -0.823. The van der Waals surface area contributed by atoms with Crippen LogP contribution in [0.4, 0.5) is 0 Å². The predicted molar refractivity (Wildman–Crippen MR) is 57.7 cm³/mol. The molecule has 0 radical (unpaired) electrons. The highest BCUT2D eigenvalue weighted by molar-refractivity contribution is 5.66. The van der Waals surface area contributed by atoms with E-state index in [-0.39, 0.29) is 13.0 Å². The Labute approximate surface area is 89.7 Å². The van der Waals surface area contributed by atoms with Gasteiger partial charge in [-0.25, -0.2) is 0 Å². The molecule has 82 valence electrons. The maximum Gasteiger partial charge on any atom is 0.305 e. The summed E-state index contributed by atoms with van der Waals surface area (Å²) in [6.07, 6.45) is 1.09. The molecule has 1 N–H and O–H groups in total. The lowest BCUT2D eigenvalue weighted by molar-refractivity contribution is -0.138. The van der Waals surface area contributed by atoms with Gasteiger partial charge in [-0.15, -0.1) is 0 Å². The van der Waals surface area contributed by atoms with E-state index in [4.69, 9.17) is 9.84 Å². The van der Waals surface area contributed by atoms with Gasteiger partial charge in [0, 0.05) is 0 Å². The molecule has 0 spiro atoms. The second kappa shape index (κ2) is 6.19. The Bertz CT molecular complexity index is 303. The number of carbonyl (C=O) groups is 1. The van der Waals surface area contributed by atoms with Gasteiger partial charge in [-0.05, 0) is 17.5 Å². The Balaban J connectivity index is 2.28. The van der Waals surface area contributed by atoms with Crippen molar-refractivity contribution < 1.29 is 14.6 Å². The number of hydrogen-bond acceptors (Lipinski definition) is 2. The average molecular weight is 208 g/mol. The maximum atomic E-state index is 10.2. The molecule has 0 unspecified atom stereocenters. The van der Waals surface area contributed by atoms with Crippen LogP contribution in [0.25, 0.3) is 0 Å². The summed E-state index contributed by atoms with van der Waals surface area (Å²) in [6, 6.07) is 8.16. The van der Waals surface area contributed by atoms with E-state index < -0.39 is 5.97 Å². The van der Waals surface area contributed by atoms with Crippen molar-refractivity contribution in [1.29, 1.82) is 0 Å². The van der Waals surface area contributed by atoms with Crippen LogP contribution < -0.4 is 0 Å². The standard InChI is InChI=1S/C12H16O3/c1-2-10-3-5-11(6-4-10)9-15-8-7-12(13)14/h3-6H,2,7-9H2,1H3,(H,13,14). The molecule has 1 aromatic rings. The molecular formula is C12H16O3. The first-order valence-corrected chi connectivity index (χ1v) is 5.09. The van der Waals surface area contributed by atoms with Gasteiger partial charge >= 0.3 is 5.97 Å². The lowest BCUT2D eigenvalue weighted by Gasteiger charge is -2.03. The lowest BCUT2D eigenvalue weighted by atomic mass is 10.1. The number of hydrogen-bond donors (Lipinski definition) is 1. The van der Waals surface area contributed by atoms with Crippen LogP contribution in [0.1, 0.15) is 24.5 Å². The molecule has 3 heteroatoms. The van der Waals surface area contributed by atoms with Crippen molar-refractivity contribution in [3.63, 3.8) is 0 Å². The van der Waals surface area contributed by atoms with E-state index in [9.17, 15) is 4.79 Å². The molecule has 1 aromatic carbocycles. The molecular weight excluding hydrogens is 192 g/mol. The van der Waals surface area contributed by atoms with Gasteiger partial charge in [-0.2, -0.15) is 0 Å². The summed E-state index contributed by atoms with van der Waals surface area (Å²) in [5, 5.41) is 8.40. The SMILES string of the molecule is CCc1ccc(COCCC(=O)O)cc1. The van der Waals surface area contributed by atoms with Gasteiger partial charge in [-0.3, -0.25) is 4.79 Å². The van der Waals surface area contributed by atoms with Crippen LogP contribution in [-0.2, 0) is 22.6 Å². The Morgan fingerprint density at radius 3 is 2.40 bits per heavy atom. The number of carboxylic acid groups (broad SMARTS) is 1. The molecule has 0 bridgehead atoms. The Morgan fingerprint density at radius 1 is 1.27 bits per heavy atom. The molecule has 0 heterocycles. The van der Waals surface area contributed by atoms with Crippen molar-refractivity contribution in [3.8, 4) is 0 Å². The monoisotopic (exact) mass is 208 g/mol. The predicted octanol–water partition coefficient (Wildman–Crippen LogP) is 2.24. The summed E-state index contributed by atoms with van der Waals surface area (Å²) in [4.78, 5) is 10.2. The molecule has 0 saturated carbocycles. The van der Waals surface area contributed by atoms with E-state index >= 15 is 0 Å². The minimum Gasteiger partial charge on any atom is -0.481 e. The largest absolute Gasteiger partial charge is 0.481 e. The van der Waals surface area contributed by atoms with Gasteiger partial charge in [0.2, 0.25) is 0 Å². The molecule has 0 atom stereocenters. The second-order valence-corrected chi connectivity index (χ2v) is 3.37. The van der Waals surface area contributed by atoms with Crippen LogP contribution in [0.5, 0.6) is 0 Å². The Hall–Kier alpha value is -1.35. The zero-order chi connectivity index (χ0) is 11.1. The van der Waals surface area contributed by atoms with Gasteiger partial charge in [0.15, 0.2) is 0 Å². The Morgan fingerprint density at radius 2 is 1.87 bits per heavy atom. The van der Waals surface area contributed by atoms with Crippen molar-refractivity contribution >= 4 is 5.97 Å². The molecule has 0 aromatic heterocycles. The summed E-state index contributed by atoms with van der Waals surface area (Å²) in [6.45, 7) is 2.86. The van der Waals surface area contributed by atoms with Crippen LogP contribution in [-0.4, -0.2) is 17.7 Å². The van der Waals surface area contributed by atoms with Gasteiger partial charge in [0.25, 0.3) is 0 Å². The van der Waals surface area contributed by atoms with Crippen molar-refractivity contribution in [2.45, 2.75) is 26.4 Å². The maximum absolute atomic E-state index is 10.2. The van der Waals surface area contributed by atoms with Gasteiger partial charge < -0.3 is 9.84 Å². The van der Waals surface area contributed by atoms with Crippen molar-refractivity contribution in [2.75, 3.05) is 6.61 Å². The molecule has 0 saturated heterocycles. The smallest absolute Gasteiger partial charge is 0.305 e. The fourth-order valence-corrected chi connectivity index (χ4v) is 1.22. The van der Waals surface area contributed by atoms with E-state index in [1.165, 1.54) is 5.56 Å². The first kappa shape index (κ1) is 11.7. The number of ether oxygens (including phenoxy) is 1. The Kier molecular flexibility index (Phi) is 4.84. The molecule has 0 amide bonds. The normalized spacial score (nSPS) is 10.2. The minimum absolute atomic E-state index is 0.0625. The van der Waals surface area contributed by atoms with Crippen molar-refractivity contribution in [3.05, 3.63) is 35.4 Å². The first-order chi connectivity index (χ1) is 7.22. The van der Waals surface area contributed by atoms with Crippen LogP contribution in [0, 0.1) is 0 Å². The second-order valence-electron chi connectivity index (χ2n) is 3.37. The summed E-state index contributed by atoms with van der Waals surface area (Å²) >= 11 is 0. The molecule has 1 rings (SSSR count). The van der Waals surface area contributed by atoms with E-state index in [1.54, 1.807) is 0 Å². The van der Waals surface area contributed by atoms with Gasteiger partial charge in [0.05, 0.1) is 19.6 Å². The molecule has 0 aliphatic carbocycles. The molecule has 15 heavy (non-hydrogen) atoms. The van der Waals surface area contributed by atoms with Gasteiger partial charge in [0.1, 0.15) is 0 Å². The summed E-state index contributed by atoms with van der Waals surface area (Å²) in [5.41, 5.74) is 2.38. The van der Waals surface area contributed by atoms with Crippen molar-refractivity contribution in [1.82, 2.24) is 0 Å². The van der Waals surface area contributed by atoms with E-state index in [0.717, 1.165) is 12.0 Å². The third-order valence-corrected chi connectivity index (χ3v) is 2.16. The third kappa shape index (κ3) is 4.61. The van der Waals surface area contributed by atoms with Gasteiger partial charge in [-0.1, -0.05) is 31.2 Å². The molecule has 0 aliphatic rings. The summed E-state index contributed by atoms with van der Waals surface area (Å²) in [5.74, 6) is -0.823. The zero-order valence-corrected chi connectivity index (χ0v) is 8.90. The van der Waals surface area contributed by atoms with Crippen LogP contribution >= 0.6 is 0 Å². The lowest BCUT2D eigenvalue weighted by Crippen LogP contribution is -2.02. The quantitative estimate of drug-likeness (QED) is 0.729. The van der Waals surface area contributed by atoms with E-state index in [0.29, 0.717) is 6.61 Å². The van der Waals surface area contributed by atoms with E-state index in [2.05, 4.69) is 19.1 Å². The van der Waals surface area contributed by atoms with Crippen LogP contribution in [0.2, 0.25) is 0 Å². The fraction of sp³-hybridized carbons (Fsp3) is 0.417. The number of aryl methyl sites for hydroxylation is 1. The average Bonchev–Trinajstić information content (AvgIpc) is 2.25. The molecule has 3 nitrogen and oxygen atoms in total. The highest BCUT2D eigenvalue weighted by atomic mass is 16.5. The fourth-order valence-electron chi connectivity index (χ4n) is 1.22. The van der Waals surface area contributed by atoms with Crippen LogP contribution in [0.3, 0.4) is 0 Å². The van der Waals surface area contributed by atoms with Crippen LogP contribution in [0.15, 0.2) is 24.3 Å². The number of benzene rings is 1. The third-order valence-electron chi connectivity index (χ3n) is 2.16.